The van der Waals surface area contributed by atoms with E-state index < -0.39 is 7.12 Å². The van der Waals surface area contributed by atoms with Crippen molar-refractivity contribution < 1.29 is 20.1 Å². The third kappa shape index (κ3) is 2.53. The molecule has 1 aromatic rings. The fraction of sp³-hybridized carbons (Fsp3) is 0.250. The Morgan fingerprint density at radius 1 is 1.15 bits per heavy atom. The van der Waals surface area contributed by atoms with Gasteiger partial charge in [-0.1, -0.05) is 31.2 Å². The lowest BCUT2D eigenvalue weighted by atomic mass is 9.79. The molecule has 2 N–H and O–H groups in total. The number of rotatable bonds is 4. The van der Waals surface area contributed by atoms with Crippen molar-refractivity contribution in [1.82, 2.24) is 0 Å². The molecule has 70 valence electrons. The summed E-state index contributed by atoms with van der Waals surface area (Å²) < 4.78 is 0. The third-order valence-electron chi connectivity index (χ3n) is 1.85. The van der Waals surface area contributed by atoms with E-state index in [2.05, 4.69) is 9.61 Å². The molecule has 0 bridgehead atoms. The normalized spacial score (nSPS) is 10.1. The highest BCUT2D eigenvalue weighted by molar-refractivity contribution is 6.60. The van der Waals surface area contributed by atoms with Gasteiger partial charge in [0.25, 0.3) is 0 Å². The van der Waals surface area contributed by atoms with Crippen LogP contribution in [0.2, 0.25) is 0 Å². The zero-order chi connectivity index (χ0) is 9.68. The minimum absolute atomic E-state index is 0.558. The monoisotopic (exact) mass is 182 g/mol. The number of benzene rings is 1. The molecule has 0 aliphatic rings. The second-order valence-corrected chi connectivity index (χ2v) is 2.64. The van der Waals surface area contributed by atoms with Crippen molar-refractivity contribution in [2.24, 2.45) is 0 Å². The van der Waals surface area contributed by atoms with Crippen molar-refractivity contribution >= 4 is 12.6 Å². The summed E-state index contributed by atoms with van der Waals surface area (Å²) in [5, 5.41) is 16.6. The molecule has 0 unspecified atom stereocenters. The van der Waals surface area contributed by atoms with E-state index in [1.165, 1.54) is 5.56 Å². The van der Waals surface area contributed by atoms with E-state index in [1.807, 2.05) is 19.1 Å². The molecule has 0 fully saturated rings. The number of aryl methyl sites for hydroxylation is 1. The van der Waals surface area contributed by atoms with Crippen LogP contribution in [0.1, 0.15) is 12.5 Å². The first kappa shape index (κ1) is 10.2. The quantitative estimate of drug-likeness (QED) is 0.413. The summed E-state index contributed by atoms with van der Waals surface area (Å²) in [7, 11) is -1.13. The van der Waals surface area contributed by atoms with Crippen LogP contribution in [0, 0.1) is 0 Å². The predicted octanol–water partition coefficient (Wildman–Crippen LogP) is 0.923. The second kappa shape index (κ2) is 4.99. The molecule has 0 aliphatic heterocycles. The average molecular weight is 182 g/mol. The van der Waals surface area contributed by atoms with Gasteiger partial charge in [-0.2, -0.15) is 0 Å². The molecule has 0 atom stereocenters. The van der Waals surface area contributed by atoms with Gasteiger partial charge >= 0.3 is 7.12 Å². The fourth-order valence-corrected chi connectivity index (χ4v) is 1.05. The molecule has 1 aromatic carbocycles. The Kier molecular flexibility index (Phi) is 3.91. The first-order valence-corrected chi connectivity index (χ1v) is 4.01. The van der Waals surface area contributed by atoms with E-state index in [-0.39, 0.29) is 0 Å². The number of hydrogen-bond acceptors (Lipinski definition) is 4. The van der Waals surface area contributed by atoms with Crippen molar-refractivity contribution in [3.8, 4) is 0 Å². The van der Waals surface area contributed by atoms with E-state index in [9.17, 15) is 0 Å². The highest BCUT2D eigenvalue weighted by atomic mass is 17.2. The lowest BCUT2D eigenvalue weighted by molar-refractivity contribution is -0.221. The molecule has 0 spiro atoms. The van der Waals surface area contributed by atoms with Gasteiger partial charge in [0.2, 0.25) is 0 Å². The van der Waals surface area contributed by atoms with Crippen LogP contribution in [0.15, 0.2) is 24.3 Å². The van der Waals surface area contributed by atoms with Gasteiger partial charge < -0.3 is 0 Å². The maximum Gasteiger partial charge on any atom is 0.554 e. The third-order valence-corrected chi connectivity index (χ3v) is 1.85. The van der Waals surface area contributed by atoms with Crippen molar-refractivity contribution in [2.75, 3.05) is 0 Å². The molecule has 0 saturated carbocycles. The van der Waals surface area contributed by atoms with Gasteiger partial charge in [0.15, 0.2) is 0 Å². The summed E-state index contributed by atoms with van der Waals surface area (Å²) in [6.07, 6.45) is 0.935. The molecule has 0 aliphatic carbocycles. The highest BCUT2D eigenvalue weighted by Crippen LogP contribution is 1.98. The molecule has 1 rings (SSSR count). The minimum Gasteiger partial charge on any atom is -0.264 e. The molecule has 13 heavy (non-hydrogen) atoms. The van der Waals surface area contributed by atoms with Gasteiger partial charge in [-0.25, -0.2) is 0 Å². The first-order valence-electron chi connectivity index (χ1n) is 4.01. The minimum atomic E-state index is -1.13. The topological polar surface area (TPSA) is 58.9 Å². The molecule has 5 heteroatoms. The summed E-state index contributed by atoms with van der Waals surface area (Å²) in [4.78, 5) is 7.77. The number of hydrogen-bond donors (Lipinski definition) is 2. The van der Waals surface area contributed by atoms with E-state index in [1.54, 1.807) is 12.1 Å². The van der Waals surface area contributed by atoms with Crippen LogP contribution in [0.4, 0.5) is 0 Å². The second-order valence-electron chi connectivity index (χ2n) is 2.64. The van der Waals surface area contributed by atoms with E-state index in [0.717, 1.165) is 6.42 Å². The molecule has 4 nitrogen and oxygen atoms in total. The van der Waals surface area contributed by atoms with Gasteiger partial charge in [0.1, 0.15) is 0 Å². The van der Waals surface area contributed by atoms with Crippen LogP contribution in [-0.4, -0.2) is 17.6 Å². The van der Waals surface area contributed by atoms with Crippen LogP contribution in [0.25, 0.3) is 0 Å². The van der Waals surface area contributed by atoms with Gasteiger partial charge in [-0.3, -0.25) is 20.1 Å². The fourth-order valence-electron chi connectivity index (χ4n) is 1.05. The largest absolute Gasteiger partial charge is 0.554 e. The molecule has 0 heterocycles. The van der Waals surface area contributed by atoms with Crippen LogP contribution in [0.3, 0.4) is 0 Å². The zero-order valence-corrected chi connectivity index (χ0v) is 7.30. The Balaban J connectivity index is 2.78. The lowest BCUT2D eigenvalue weighted by Crippen LogP contribution is -2.34. The van der Waals surface area contributed by atoms with Crippen LogP contribution in [-0.2, 0) is 16.0 Å². The van der Waals surface area contributed by atoms with Gasteiger partial charge in [-0.05, 0) is 17.4 Å². The van der Waals surface area contributed by atoms with Crippen LogP contribution >= 0.6 is 0 Å². The maximum atomic E-state index is 8.32. The Labute approximate surface area is 76.7 Å². The Bertz CT molecular complexity index is 245. The molecule has 0 amide bonds. The van der Waals surface area contributed by atoms with Gasteiger partial charge in [0.05, 0.1) is 0 Å². The highest BCUT2D eigenvalue weighted by Gasteiger charge is 2.21. The molecular formula is C8H11BO4. The summed E-state index contributed by atoms with van der Waals surface area (Å²) in [6, 6.07) is 7.19. The average Bonchev–Trinajstić information content (AvgIpc) is 2.21. The van der Waals surface area contributed by atoms with Crippen molar-refractivity contribution in [2.45, 2.75) is 13.3 Å². The Morgan fingerprint density at radius 3 is 2.08 bits per heavy atom. The maximum absolute atomic E-state index is 8.32. The summed E-state index contributed by atoms with van der Waals surface area (Å²) in [6.45, 7) is 2.04. The molecule has 0 aromatic heterocycles. The predicted molar refractivity (Wildman–Crippen MR) is 48.6 cm³/mol. The summed E-state index contributed by atoms with van der Waals surface area (Å²) in [5.41, 5.74) is 1.72. The van der Waals surface area contributed by atoms with Crippen molar-refractivity contribution in [3.63, 3.8) is 0 Å². The van der Waals surface area contributed by atoms with Gasteiger partial charge in [0, 0.05) is 0 Å². The van der Waals surface area contributed by atoms with E-state index in [0.29, 0.717) is 5.46 Å². The van der Waals surface area contributed by atoms with Crippen LogP contribution < -0.4 is 5.46 Å². The molecule has 0 radical (unpaired) electrons. The van der Waals surface area contributed by atoms with Crippen molar-refractivity contribution in [3.05, 3.63) is 29.8 Å². The standard InChI is InChI=1S/C8H11BO4/c1-2-7-3-5-8(6-4-7)9(12-10)13-11/h3-6,10-11H,2H2,1H3. The summed E-state index contributed by atoms with van der Waals surface area (Å²) in [5.74, 6) is 0. The van der Waals surface area contributed by atoms with E-state index in [4.69, 9.17) is 10.5 Å². The first-order chi connectivity index (χ1) is 6.31. The Hall–Kier alpha value is -0.875. The van der Waals surface area contributed by atoms with Crippen LogP contribution in [0.5, 0.6) is 0 Å². The lowest BCUT2D eigenvalue weighted by Gasteiger charge is -2.05. The van der Waals surface area contributed by atoms with Gasteiger partial charge in [-0.15, -0.1) is 0 Å². The molecular weight excluding hydrogens is 171 g/mol. The smallest absolute Gasteiger partial charge is 0.264 e. The SMILES string of the molecule is CCc1ccc(B(OO)OO)cc1. The van der Waals surface area contributed by atoms with Crippen molar-refractivity contribution in [1.29, 1.82) is 0 Å². The zero-order valence-electron chi connectivity index (χ0n) is 7.30. The van der Waals surface area contributed by atoms with E-state index >= 15 is 0 Å². The Morgan fingerprint density at radius 2 is 1.69 bits per heavy atom. The molecule has 0 saturated heterocycles. The summed E-state index contributed by atoms with van der Waals surface area (Å²) >= 11 is 0.